The molecule has 0 aromatic carbocycles. The number of likely N-dealkylation sites (tertiary alicyclic amines) is 1. The molecule has 2 aliphatic rings. The number of rotatable bonds is 4. The maximum absolute atomic E-state index is 12.3. The Labute approximate surface area is 127 Å². The third kappa shape index (κ3) is 3.55. The van der Waals surface area contributed by atoms with E-state index in [9.17, 15) is 9.59 Å². The molecular weight excluding hydrogens is 270 g/mol. The summed E-state index contributed by atoms with van der Waals surface area (Å²) < 4.78 is 4.92. The lowest BCUT2D eigenvalue weighted by molar-refractivity contribution is -0.153. The molecule has 0 radical (unpaired) electrons. The number of hydrogen-bond donors (Lipinski definition) is 0. The van der Waals surface area contributed by atoms with E-state index >= 15 is 0 Å². The molecule has 2 saturated heterocycles. The average molecular weight is 297 g/mol. The predicted molar refractivity (Wildman–Crippen MR) is 79.9 cm³/mol. The minimum absolute atomic E-state index is 0.188. The summed E-state index contributed by atoms with van der Waals surface area (Å²) in [5.41, 5.74) is -0.558. The van der Waals surface area contributed by atoms with Crippen LogP contribution in [0.2, 0.25) is 0 Å². The Hall–Kier alpha value is -1.14. The molecule has 6 nitrogen and oxygen atoms in total. The summed E-state index contributed by atoms with van der Waals surface area (Å²) in [6, 6.07) is 0. The molecule has 0 N–H and O–H groups in total. The number of hydrogen-bond acceptors (Lipinski definition) is 5. The van der Waals surface area contributed by atoms with Crippen molar-refractivity contribution in [3.8, 4) is 0 Å². The molecular formula is C15H27N3O3. The van der Waals surface area contributed by atoms with Gasteiger partial charge in [0.2, 0.25) is 5.91 Å². The van der Waals surface area contributed by atoms with Gasteiger partial charge in [0.05, 0.1) is 7.11 Å². The number of nitrogens with zero attached hydrogens (tertiary/aromatic N) is 3. The Morgan fingerprint density at radius 2 is 1.81 bits per heavy atom. The van der Waals surface area contributed by atoms with Gasteiger partial charge in [-0.15, -0.1) is 0 Å². The lowest BCUT2D eigenvalue weighted by atomic mass is 9.99. The number of ether oxygens (including phenoxy) is 1. The van der Waals surface area contributed by atoms with Crippen LogP contribution < -0.4 is 0 Å². The van der Waals surface area contributed by atoms with E-state index in [1.807, 2.05) is 11.8 Å². The highest BCUT2D eigenvalue weighted by Gasteiger charge is 2.44. The minimum Gasteiger partial charge on any atom is -0.468 e. The predicted octanol–water partition coefficient (Wildman–Crippen LogP) is 0.178. The molecule has 1 amide bonds. The first kappa shape index (κ1) is 16.2. The Kier molecular flexibility index (Phi) is 5.22. The van der Waals surface area contributed by atoms with Gasteiger partial charge >= 0.3 is 5.97 Å². The first-order chi connectivity index (χ1) is 9.97. The largest absolute Gasteiger partial charge is 0.468 e. The van der Waals surface area contributed by atoms with Crippen molar-refractivity contribution in [2.45, 2.75) is 31.7 Å². The maximum atomic E-state index is 12.3. The number of likely N-dealkylation sites (N-methyl/N-ethyl adjacent to an activating group) is 1. The van der Waals surface area contributed by atoms with E-state index in [2.05, 4.69) is 16.8 Å². The average Bonchev–Trinajstić information content (AvgIpc) is 2.87. The summed E-state index contributed by atoms with van der Waals surface area (Å²) in [6.45, 7) is 6.92. The lowest BCUT2D eigenvalue weighted by Crippen LogP contribution is -2.51. The molecule has 0 bridgehead atoms. The highest BCUT2D eigenvalue weighted by atomic mass is 16.5. The minimum atomic E-state index is -0.558. The van der Waals surface area contributed by atoms with E-state index in [0.29, 0.717) is 13.0 Å². The third-order valence-electron chi connectivity index (χ3n) is 4.87. The topological polar surface area (TPSA) is 53.1 Å². The second kappa shape index (κ2) is 6.75. The van der Waals surface area contributed by atoms with E-state index in [4.69, 9.17) is 4.74 Å². The molecule has 120 valence electrons. The zero-order valence-electron chi connectivity index (χ0n) is 13.4. The molecule has 0 aromatic rings. The van der Waals surface area contributed by atoms with Crippen molar-refractivity contribution in [2.24, 2.45) is 0 Å². The summed E-state index contributed by atoms with van der Waals surface area (Å²) in [7, 11) is 3.51. The Bertz CT molecular complexity index is 394. The number of methoxy groups -OCH3 is 1. The van der Waals surface area contributed by atoms with Crippen LogP contribution in [0.3, 0.4) is 0 Å². The van der Waals surface area contributed by atoms with Crippen LogP contribution in [0.15, 0.2) is 0 Å². The fourth-order valence-electron chi connectivity index (χ4n) is 3.27. The fraction of sp³-hybridized carbons (Fsp3) is 0.867. The molecule has 6 heteroatoms. The number of esters is 1. The Balaban J connectivity index is 1.84. The van der Waals surface area contributed by atoms with Crippen molar-refractivity contribution < 1.29 is 14.3 Å². The molecule has 0 spiro atoms. The second-order valence-electron chi connectivity index (χ2n) is 6.29. The van der Waals surface area contributed by atoms with E-state index in [1.165, 1.54) is 7.11 Å². The van der Waals surface area contributed by atoms with Crippen LogP contribution in [0.1, 0.15) is 26.2 Å². The van der Waals surface area contributed by atoms with Crippen LogP contribution in [-0.2, 0) is 14.3 Å². The summed E-state index contributed by atoms with van der Waals surface area (Å²) in [6.07, 6.45) is 2.27. The molecule has 21 heavy (non-hydrogen) atoms. The highest BCUT2D eigenvalue weighted by molar-refractivity contribution is 5.81. The van der Waals surface area contributed by atoms with E-state index < -0.39 is 5.54 Å². The standard InChI is InChI=1S/C15H27N3O3/c1-15(14(20)21-3)6-4-7-18(15)8-5-13(19)17-11-9-16(2)10-12-17/h4-12H2,1-3H3/t15-/m0/s1. The number of amides is 1. The van der Waals surface area contributed by atoms with Crippen molar-refractivity contribution in [1.29, 1.82) is 0 Å². The molecule has 1 atom stereocenters. The second-order valence-corrected chi connectivity index (χ2v) is 6.29. The van der Waals surface area contributed by atoms with Gasteiger partial charge in [-0.05, 0) is 33.4 Å². The van der Waals surface area contributed by atoms with E-state index in [0.717, 1.165) is 45.6 Å². The van der Waals surface area contributed by atoms with Crippen LogP contribution in [0, 0.1) is 0 Å². The highest BCUT2D eigenvalue weighted by Crippen LogP contribution is 2.30. The summed E-state index contributed by atoms with van der Waals surface area (Å²) in [5, 5.41) is 0. The fourth-order valence-corrected chi connectivity index (χ4v) is 3.27. The molecule has 0 unspecified atom stereocenters. The molecule has 2 heterocycles. The van der Waals surface area contributed by atoms with Crippen molar-refractivity contribution in [3.05, 3.63) is 0 Å². The Morgan fingerprint density at radius 3 is 2.43 bits per heavy atom. The Morgan fingerprint density at radius 1 is 1.14 bits per heavy atom. The monoisotopic (exact) mass is 297 g/mol. The summed E-state index contributed by atoms with van der Waals surface area (Å²) in [4.78, 5) is 30.5. The molecule has 0 aromatic heterocycles. The van der Waals surface area contributed by atoms with Gasteiger partial charge in [-0.2, -0.15) is 0 Å². The molecule has 0 saturated carbocycles. The number of carbonyl (C=O) groups excluding carboxylic acids is 2. The van der Waals surface area contributed by atoms with Crippen LogP contribution >= 0.6 is 0 Å². The zero-order chi connectivity index (χ0) is 15.5. The first-order valence-electron chi connectivity index (χ1n) is 7.77. The summed E-state index contributed by atoms with van der Waals surface area (Å²) >= 11 is 0. The van der Waals surface area contributed by atoms with Crippen molar-refractivity contribution >= 4 is 11.9 Å². The van der Waals surface area contributed by atoms with E-state index in [1.54, 1.807) is 0 Å². The first-order valence-corrected chi connectivity index (χ1v) is 7.77. The van der Waals surface area contributed by atoms with Gasteiger partial charge in [0.25, 0.3) is 0 Å². The van der Waals surface area contributed by atoms with Gasteiger partial charge in [-0.25, -0.2) is 0 Å². The number of carbonyl (C=O) groups is 2. The lowest BCUT2D eigenvalue weighted by Gasteiger charge is -2.35. The SMILES string of the molecule is COC(=O)[C@]1(C)CCCN1CCC(=O)N1CCN(C)CC1. The molecule has 0 aliphatic carbocycles. The van der Waals surface area contributed by atoms with Crippen molar-refractivity contribution in [2.75, 3.05) is 53.4 Å². The summed E-state index contributed by atoms with van der Waals surface area (Å²) in [5.74, 6) is 0.00858. The number of piperazine rings is 1. The maximum Gasteiger partial charge on any atom is 0.325 e. The van der Waals surface area contributed by atoms with Crippen LogP contribution in [0.5, 0.6) is 0 Å². The van der Waals surface area contributed by atoms with Gasteiger partial charge < -0.3 is 14.5 Å². The van der Waals surface area contributed by atoms with Gasteiger partial charge in [0.15, 0.2) is 0 Å². The van der Waals surface area contributed by atoms with Gasteiger partial charge in [0.1, 0.15) is 5.54 Å². The third-order valence-corrected chi connectivity index (χ3v) is 4.87. The zero-order valence-corrected chi connectivity index (χ0v) is 13.4. The van der Waals surface area contributed by atoms with E-state index in [-0.39, 0.29) is 11.9 Å². The molecule has 2 aliphatic heterocycles. The van der Waals surface area contributed by atoms with Gasteiger partial charge in [-0.1, -0.05) is 0 Å². The van der Waals surface area contributed by atoms with Gasteiger partial charge in [0, 0.05) is 39.1 Å². The van der Waals surface area contributed by atoms with Crippen molar-refractivity contribution in [1.82, 2.24) is 14.7 Å². The smallest absolute Gasteiger partial charge is 0.325 e. The van der Waals surface area contributed by atoms with Crippen LogP contribution in [0.4, 0.5) is 0 Å². The normalized spacial score (nSPS) is 27.9. The quantitative estimate of drug-likeness (QED) is 0.693. The van der Waals surface area contributed by atoms with Crippen molar-refractivity contribution in [3.63, 3.8) is 0 Å². The van der Waals surface area contributed by atoms with Crippen LogP contribution in [0.25, 0.3) is 0 Å². The van der Waals surface area contributed by atoms with Gasteiger partial charge in [-0.3, -0.25) is 14.5 Å². The molecule has 2 rings (SSSR count). The molecule has 2 fully saturated rings. The van der Waals surface area contributed by atoms with Crippen LogP contribution in [-0.4, -0.2) is 85.5 Å².